The minimum Gasteiger partial charge on any atom is -0.494 e. The highest BCUT2D eigenvalue weighted by Crippen LogP contribution is 2.40. The molecule has 1 aromatic rings. The Kier molecular flexibility index (Phi) is 6.37. The second-order valence-electron chi connectivity index (χ2n) is 5.59. The molecule has 3 heteroatoms. The van der Waals surface area contributed by atoms with Crippen molar-refractivity contribution >= 4 is 15.9 Å². The Bertz CT molecular complexity index is 415. The van der Waals surface area contributed by atoms with Gasteiger partial charge in [0.05, 0.1) is 6.61 Å². The van der Waals surface area contributed by atoms with Crippen molar-refractivity contribution < 1.29 is 4.74 Å². The van der Waals surface area contributed by atoms with Crippen LogP contribution in [0, 0.1) is 5.92 Å². The molecule has 112 valence electrons. The largest absolute Gasteiger partial charge is 0.494 e. The van der Waals surface area contributed by atoms with Crippen LogP contribution < -0.4 is 10.1 Å². The number of halogens is 1. The van der Waals surface area contributed by atoms with E-state index in [1.165, 1.54) is 37.7 Å². The predicted octanol–water partition coefficient (Wildman–Crippen LogP) is 5.08. The fourth-order valence-corrected chi connectivity index (χ4v) is 3.55. The van der Waals surface area contributed by atoms with Crippen molar-refractivity contribution in [3.63, 3.8) is 0 Å². The van der Waals surface area contributed by atoms with Crippen LogP contribution in [0.25, 0.3) is 0 Å². The zero-order chi connectivity index (χ0) is 14.4. The first-order valence-corrected chi connectivity index (χ1v) is 8.71. The highest BCUT2D eigenvalue weighted by molar-refractivity contribution is 9.10. The first kappa shape index (κ1) is 15.8. The van der Waals surface area contributed by atoms with Crippen LogP contribution in [-0.2, 0) is 0 Å². The van der Waals surface area contributed by atoms with Crippen LogP contribution in [0.3, 0.4) is 0 Å². The molecule has 2 rings (SSSR count). The first-order chi connectivity index (χ1) is 9.76. The van der Waals surface area contributed by atoms with E-state index in [2.05, 4.69) is 53.3 Å². The Morgan fingerprint density at radius 2 is 2.05 bits per heavy atom. The zero-order valence-corrected chi connectivity index (χ0v) is 14.2. The van der Waals surface area contributed by atoms with Gasteiger partial charge in [0.2, 0.25) is 0 Å². The van der Waals surface area contributed by atoms with Gasteiger partial charge in [0.25, 0.3) is 0 Å². The van der Waals surface area contributed by atoms with E-state index in [4.69, 9.17) is 4.74 Å². The molecule has 1 fully saturated rings. The molecule has 0 saturated heterocycles. The lowest BCUT2D eigenvalue weighted by Gasteiger charge is -2.27. The van der Waals surface area contributed by atoms with Gasteiger partial charge in [0.1, 0.15) is 5.75 Å². The summed E-state index contributed by atoms with van der Waals surface area (Å²) in [5.41, 5.74) is 1.32. The molecule has 0 radical (unpaired) electrons. The number of hydrogen-bond donors (Lipinski definition) is 1. The van der Waals surface area contributed by atoms with Crippen molar-refractivity contribution in [1.29, 1.82) is 0 Å². The second-order valence-corrected chi connectivity index (χ2v) is 6.51. The minimum absolute atomic E-state index is 0.427. The van der Waals surface area contributed by atoms with Crippen molar-refractivity contribution in [2.24, 2.45) is 5.92 Å². The third kappa shape index (κ3) is 3.98. The average molecular weight is 340 g/mol. The molecule has 1 aromatic carbocycles. The van der Waals surface area contributed by atoms with Gasteiger partial charge in [-0.15, -0.1) is 0 Å². The molecule has 20 heavy (non-hydrogen) atoms. The van der Waals surface area contributed by atoms with Crippen molar-refractivity contribution in [1.82, 2.24) is 5.32 Å². The number of ether oxygens (including phenoxy) is 1. The quantitative estimate of drug-likeness (QED) is 0.747. The summed E-state index contributed by atoms with van der Waals surface area (Å²) >= 11 is 3.61. The van der Waals surface area contributed by atoms with Gasteiger partial charge in [-0.05, 0) is 56.8 Å². The lowest BCUT2D eigenvalue weighted by Crippen LogP contribution is -2.28. The van der Waals surface area contributed by atoms with Gasteiger partial charge in [-0.25, -0.2) is 0 Å². The Balaban J connectivity index is 2.27. The Morgan fingerprint density at radius 3 is 2.70 bits per heavy atom. The molecule has 1 aliphatic rings. The summed E-state index contributed by atoms with van der Waals surface area (Å²) in [5.74, 6) is 1.78. The van der Waals surface area contributed by atoms with E-state index in [-0.39, 0.29) is 0 Å². The van der Waals surface area contributed by atoms with Gasteiger partial charge < -0.3 is 10.1 Å². The van der Waals surface area contributed by atoms with Gasteiger partial charge in [-0.3, -0.25) is 0 Å². The molecule has 2 nitrogen and oxygen atoms in total. The maximum Gasteiger partial charge on any atom is 0.124 e. The van der Waals surface area contributed by atoms with Crippen LogP contribution in [0.15, 0.2) is 22.7 Å². The number of hydrogen-bond acceptors (Lipinski definition) is 2. The topological polar surface area (TPSA) is 21.3 Å². The van der Waals surface area contributed by atoms with Gasteiger partial charge in [-0.1, -0.05) is 35.7 Å². The van der Waals surface area contributed by atoms with E-state index in [9.17, 15) is 0 Å². The molecule has 1 atom stereocenters. The van der Waals surface area contributed by atoms with Crippen molar-refractivity contribution in [2.75, 3.05) is 13.2 Å². The number of nitrogens with one attached hydrogen (secondary N) is 1. The standard InChI is InChI=1S/C17H26BrNO/c1-3-11-19-17(13-7-5-6-8-13)15-12-14(18)9-10-16(15)20-4-2/h9-10,12-13,17,19H,3-8,11H2,1-2H3. The molecule has 0 aliphatic heterocycles. The summed E-state index contributed by atoms with van der Waals surface area (Å²) in [6, 6.07) is 6.83. The summed E-state index contributed by atoms with van der Waals surface area (Å²) in [7, 11) is 0. The minimum atomic E-state index is 0.427. The highest BCUT2D eigenvalue weighted by atomic mass is 79.9. The van der Waals surface area contributed by atoms with Gasteiger partial charge in [0, 0.05) is 16.1 Å². The van der Waals surface area contributed by atoms with Gasteiger partial charge >= 0.3 is 0 Å². The number of rotatable bonds is 7. The number of benzene rings is 1. The van der Waals surface area contributed by atoms with Gasteiger partial charge in [0.15, 0.2) is 0 Å². The smallest absolute Gasteiger partial charge is 0.124 e. The fourth-order valence-electron chi connectivity index (χ4n) is 3.17. The van der Waals surface area contributed by atoms with Crippen LogP contribution in [0.5, 0.6) is 5.75 Å². The molecule has 1 aliphatic carbocycles. The molecule has 1 unspecified atom stereocenters. The molecule has 0 bridgehead atoms. The molecule has 0 amide bonds. The Labute approximate surface area is 131 Å². The Hall–Kier alpha value is -0.540. The SMILES string of the molecule is CCCNC(c1cc(Br)ccc1OCC)C1CCCC1. The predicted molar refractivity (Wildman–Crippen MR) is 88.3 cm³/mol. The third-order valence-electron chi connectivity index (χ3n) is 4.09. The van der Waals surface area contributed by atoms with E-state index in [0.717, 1.165) is 29.3 Å². The lowest BCUT2D eigenvalue weighted by atomic mass is 9.91. The summed E-state index contributed by atoms with van der Waals surface area (Å²) in [6.45, 7) is 6.07. The van der Waals surface area contributed by atoms with E-state index in [0.29, 0.717) is 6.04 Å². The first-order valence-electron chi connectivity index (χ1n) is 7.91. The zero-order valence-electron chi connectivity index (χ0n) is 12.6. The van der Waals surface area contributed by atoms with Crippen LogP contribution >= 0.6 is 15.9 Å². The summed E-state index contributed by atoms with van der Waals surface area (Å²) in [4.78, 5) is 0. The molecule has 0 spiro atoms. The molecular formula is C17H26BrNO. The Morgan fingerprint density at radius 1 is 1.30 bits per heavy atom. The third-order valence-corrected chi connectivity index (χ3v) is 4.59. The van der Waals surface area contributed by atoms with Crippen molar-refractivity contribution in [3.05, 3.63) is 28.2 Å². The summed E-state index contributed by atoms with van der Waals surface area (Å²) in [6.07, 6.45) is 6.57. The maximum absolute atomic E-state index is 5.85. The average Bonchev–Trinajstić information content (AvgIpc) is 2.96. The fraction of sp³-hybridized carbons (Fsp3) is 0.647. The maximum atomic E-state index is 5.85. The molecule has 1 N–H and O–H groups in total. The monoisotopic (exact) mass is 339 g/mol. The molecule has 1 saturated carbocycles. The van der Waals surface area contributed by atoms with Crippen molar-refractivity contribution in [3.8, 4) is 5.75 Å². The van der Waals surface area contributed by atoms with Crippen LogP contribution in [0.4, 0.5) is 0 Å². The van der Waals surface area contributed by atoms with Crippen LogP contribution in [-0.4, -0.2) is 13.2 Å². The van der Waals surface area contributed by atoms with E-state index < -0.39 is 0 Å². The molecule has 0 heterocycles. The molecule has 0 aromatic heterocycles. The van der Waals surface area contributed by atoms with E-state index in [1.54, 1.807) is 0 Å². The summed E-state index contributed by atoms with van der Waals surface area (Å²) in [5, 5.41) is 3.75. The summed E-state index contributed by atoms with van der Waals surface area (Å²) < 4.78 is 6.99. The van der Waals surface area contributed by atoms with E-state index >= 15 is 0 Å². The van der Waals surface area contributed by atoms with Crippen LogP contribution in [0.2, 0.25) is 0 Å². The second kappa shape index (κ2) is 8.04. The van der Waals surface area contributed by atoms with Crippen molar-refractivity contribution in [2.45, 2.75) is 52.0 Å². The molecular weight excluding hydrogens is 314 g/mol. The lowest BCUT2D eigenvalue weighted by molar-refractivity contribution is 0.313. The van der Waals surface area contributed by atoms with E-state index in [1.807, 2.05) is 0 Å². The normalized spacial score (nSPS) is 17.4. The van der Waals surface area contributed by atoms with Gasteiger partial charge in [-0.2, -0.15) is 0 Å². The highest BCUT2D eigenvalue weighted by Gasteiger charge is 2.28. The van der Waals surface area contributed by atoms with Crippen LogP contribution in [0.1, 0.15) is 57.6 Å².